The van der Waals surface area contributed by atoms with E-state index in [-0.39, 0.29) is 28.5 Å². The first kappa shape index (κ1) is 13.5. The Balaban J connectivity index is 2.40. The molecule has 100 valence electrons. The Labute approximate surface area is 107 Å². The fraction of sp³-hybridized carbons (Fsp3) is 0. The molecule has 0 fully saturated rings. The minimum Gasteiger partial charge on any atom is -0.478 e. The third kappa shape index (κ3) is 2.58. The van der Waals surface area contributed by atoms with Crippen LogP contribution in [-0.2, 0) is 0 Å². The van der Waals surface area contributed by atoms with E-state index in [1.54, 1.807) is 0 Å². The quantitative estimate of drug-likeness (QED) is 0.692. The predicted molar refractivity (Wildman–Crippen MR) is 56.1 cm³/mol. The largest absolute Gasteiger partial charge is 0.478 e. The number of furan rings is 1. The fourth-order valence-corrected chi connectivity index (χ4v) is 2.08. The molecule has 0 atom stereocenters. The van der Waals surface area contributed by atoms with Crippen molar-refractivity contribution in [3.05, 3.63) is 47.2 Å². The van der Waals surface area contributed by atoms with Crippen molar-refractivity contribution in [3.63, 3.8) is 0 Å². The molecule has 1 heterocycles. The van der Waals surface area contributed by atoms with Gasteiger partial charge in [0.15, 0.2) is 28.4 Å². The highest BCUT2D eigenvalue weighted by Crippen LogP contribution is 2.35. The van der Waals surface area contributed by atoms with Crippen molar-refractivity contribution in [1.29, 1.82) is 0 Å². The molecule has 0 saturated heterocycles. The molecule has 1 N–H and O–H groups in total. The van der Waals surface area contributed by atoms with E-state index in [9.17, 15) is 22.4 Å². The Morgan fingerprint density at radius 1 is 1.11 bits per heavy atom. The van der Waals surface area contributed by atoms with Gasteiger partial charge in [0.1, 0.15) is 6.26 Å². The van der Waals surface area contributed by atoms with Gasteiger partial charge in [0, 0.05) is 12.1 Å². The minimum atomic E-state index is -1.57. The zero-order valence-corrected chi connectivity index (χ0v) is 9.73. The molecule has 0 aliphatic carbocycles. The number of halogens is 4. The van der Waals surface area contributed by atoms with Crippen LogP contribution in [0, 0.1) is 23.3 Å². The summed E-state index contributed by atoms with van der Waals surface area (Å²) in [6, 6.07) is 1.06. The fourth-order valence-electron chi connectivity index (χ4n) is 1.22. The second-order valence-electron chi connectivity index (χ2n) is 3.36. The Hall–Kier alpha value is -1.96. The van der Waals surface area contributed by atoms with Gasteiger partial charge in [-0.2, -0.15) is 0 Å². The summed E-state index contributed by atoms with van der Waals surface area (Å²) in [4.78, 5) is 9.63. The number of carbonyl (C=O) groups is 1. The number of aromatic carboxylic acids is 1. The van der Waals surface area contributed by atoms with Gasteiger partial charge in [0.05, 0.1) is 10.5 Å². The van der Waals surface area contributed by atoms with Crippen molar-refractivity contribution >= 4 is 17.7 Å². The highest BCUT2D eigenvalue weighted by molar-refractivity contribution is 7.99. The lowest BCUT2D eigenvalue weighted by Crippen LogP contribution is -1.96. The van der Waals surface area contributed by atoms with Crippen LogP contribution in [0.25, 0.3) is 0 Å². The zero-order valence-electron chi connectivity index (χ0n) is 8.92. The van der Waals surface area contributed by atoms with Gasteiger partial charge in [-0.1, -0.05) is 0 Å². The van der Waals surface area contributed by atoms with E-state index in [4.69, 9.17) is 9.52 Å². The maximum absolute atomic E-state index is 13.3. The summed E-state index contributed by atoms with van der Waals surface area (Å²) in [6.07, 6.45) is 0.843. The molecular formula is C11H4F4O3S. The second kappa shape index (κ2) is 4.96. The molecule has 0 bridgehead atoms. The lowest BCUT2D eigenvalue weighted by atomic mass is 10.3. The highest BCUT2D eigenvalue weighted by Gasteiger charge is 2.21. The lowest BCUT2D eigenvalue weighted by Gasteiger charge is -2.04. The van der Waals surface area contributed by atoms with Crippen molar-refractivity contribution in [1.82, 2.24) is 0 Å². The van der Waals surface area contributed by atoms with Crippen molar-refractivity contribution in [2.75, 3.05) is 0 Å². The summed E-state index contributed by atoms with van der Waals surface area (Å²) in [5.41, 5.74) is -0.250. The molecule has 0 saturated carbocycles. The molecule has 8 heteroatoms. The monoisotopic (exact) mass is 292 g/mol. The molecule has 1 aromatic carbocycles. The van der Waals surface area contributed by atoms with Gasteiger partial charge in [0.25, 0.3) is 0 Å². The van der Waals surface area contributed by atoms with Gasteiger partial charge in [-0.05, 0) is 11.8 Å². The molecule has 0 amide bonds. The summed E-state index contributed by atoms with van der Waals surface area (Å²) >= 11 is 0.247. The van der Waals surface area contributed by atoms with Crippen molar-refractivity contribution in [2.45, 2.75) is 9.99 Å². The molecule has 19 heavy (non-hydrogen) atoms. The van der Waals surface area contributed by atoms with Gasteiger partial charge < -0.3 is 9.52 Å². The zero-order chi connectivity index (χ0) is 14.2. The van der Waals surface area contributed by atoms with Gasteiger partial charge in [-0.25, -0.2) is 22.4 Å². The van der Waals surface area contributed by atoms with Crippen LogP contribution in [0.3, 0.4) is 0 Å². The van der Waals surface area contributed by atoms with E-state index in [1.165, 1.54) is 0 Å². The summed E-state index contributed by atoms with van der Waals surface area (Å²) < 4.78 is 57.3. The normalized spacial score (nSPS) is 10.7. The van der Waals surface area contributed by atoms with E-state index in [1.807, 2.05) is 0 Å². The average Bonchev–Trinajstić information content (AvgIpc) is 2.81. The minimum absolute atomic E-state index is 0.0829. The molecule has 2 aromatic rings. The lowest BCUT2D eigenvalue weighted by molar-refractivity contribution is 0.0696. The third-order valence-electron chi connectivity index (χ3n) is 2.10. The van der Waals surface area contributed by atoms with Crippen LogP contribution in [-0.4, -0.2) is 11.1 Å². The van der Waals surface area contributed by atoms with Crippen LogP contribution >= 0.6 is 11.8 Å². The summed E-state index contributed by atoms with van der Waals surface area (Å²) in [5.74, 6) is -7.55. The Kier molecular flexibility index (Phi) is 3.52. The first-order valence-electron chi connectivity index (χ1n) is 4.73. The van der Waals surface area contributed by atoms with E-state index >= 15 is 0 Å². The SMILES string of the molecule is O=C(O)c1coc(Sc2c(F)c(F)cc(F)c2F)c1. The third-order valence-corrected chi connectivity index (χ3v) is 3.07. The second-order valence-corrected chi connectivity index (χ2v) is 4.37. The smallest absolute Gasteiger partial charge is 0.339 e. The van der Waals surface area contributed by atoms with Gasteiger partial charge >= 0.3 is 5.97 Å². The van der Waals surface area contributed by atoms with Gasteiger partial charge in [0.2, 0.25) is 0 Å². The first-order valence-corrected chi connectivity index (χ1v) is 5.54. The molecule has 1 aromatic heterocycles. The molecule has 0 aliphatic rings. The van der Waals surface area contributed by atoms with Crippen LogP contribution in [0.15, 0.2) is 32.8 Å². The number of carboxylic acid groups (broad SMARTS) is 1. The highest BCUT2D eigenvalue weighted by atomic mass is 32.2. The molecule has 0 unspecified atom stereocenters. The Morgan fingerprint density at radius 3 is 2.16 bits per heavy atom. The first-order chi connectivity index (χ1) is 8.90. The standard InChI is InChI=1S/C11H4F4O3S/c12-5-2-6(13)9(15)10(8(5)14)19-7-1-4(3-18-7)11(16)17/h1-3H,(H,16,17). The molecular weight excluding hydrogens is 288 g/mol. The van der Waals surface area contributed by atoms with Crippen LogP contribution < -0.4 is 0 Å². The number of carboxylic acids is 1. The summed E-state index contributed by atoms with van der Waals surface area (Å²) in [7, 11) is 0. The number of benzene rings is 1. The van der Waals surface area contributed by atoms with Gasteiger partial charge in [-0.15, -0.1) is 0 Å². The number of hydrogen-bond donors (Lipinski definition) is 1. The van der Waals surface area contributed by atoms with Crippen LogP contribution in [0.5, 0.6) is 0 Å². The van der Waals surface area contributed by atoms with Crippen LogP contribution in [0.4, 0.5) is 17.6 Å². The van der Waals surface area contributed by atoms with Crippen molar-refractivity contribution in [3.8, 4) is 0 Å². The Bertz CT molecular complexity index is 627. The molecule has 0 aliphatic heterocycles. The van der Waals surface area contributed by atoms with Crippen molar-refractivity contribution in [2.24, 2.45) is 0 Å². The summed E-state index contributed by atoms with van der Waals surface area (Å²) in [5, 5.41) is 8.42. The summed E-state index contributed by atoms with van der Waals surface area (Å²) in [6.45, 7) is 0. The van der Waals surface area contributed by atoms with Crippen molar-refractivity contribution < 1.29 is 31.9 Å². The topological polar surface area (TPSA) is 50.4 Å². The maximum atomic E-state index is 13.3. The van der Waals surface area contributed by atoms with E-state index in [0.29, 0.717) is 0 Å². The van der Waals surface area contributed by atoms with E-state index in [2.05, 4.69) is 0 Å². The molecule has 0 spiro atoms. The van der Waals surface area contributed by atoms with Crippen LogP contribution in [0.2, 0.25) is 0 Å². The molecule has 3 nitrogen and oxygen atoms in total. The van der Waals surface area contributed by atoms with Gasteiger partial charge in [-0.3, -0.25) is 0 Å². The number of rotatable bonds is 3. The molecule has 2 rings (SSSR count). The predicted octanol–water partition coefficient (Wildman–Crippen LogP) is 3.69. The van der Waals surface area contributed by atoms with Crippen LogP contribution in [0.1, 0.15) is 10.4 Å². The van der Waals surface area contributed by atoms with E-state index < -0.39 is 34.1 Å². The average molecular weight is 292 g/mol. The molecule has 0 radical (unpaired) electrons. The maximum Gasteiger partial charge on any atom is 0.339 e. The Morgan fingerprint density at radius 2 is 1.68 bits per heavy atom. The van der Waals surface area contributed by atoms with E-state index in [0.717, 1.165) is 12.3 Å². The number of hydrogen-bond acceptors (Lipinski definition) is 3.